The molecule has 0 saturated carbocycles. The van der Waals surface area contributed by atoms with Crippen molar-refractivity contribution in [2.75, 3.05) is 0 Å². The van der Waals surface area contributed by atoms with Gasteiger partial charge in [-0.3, -0.25) is 4.98 Å². The molecule has 0 aliphatic heterocycles. The zero-order valence-corrected chi connectivity index (χ0v) is 3.76. The highest BCUT2D eigenvalue weighted by molar-refractivity contribution is 5.28. The molecule has 2 nitrogen and oxygen atoms in total. The average molecular weight is 93.1 g/mol. The fourth-order valence-corrected chi connectivity index (χ4v) is 0.352. The Bertz CT molecular complexity index is 136. The number of aromatic nitrogens is 1. The van der Waals surface area contributed by atoms with Crippen LogP contribution in [-0.4, -0.2) is 4.98 Å². The number of pyridine rings is 1. The maximum Gasteiger partial charge on any atom is 0.0570 e. The van der Waals surface area contributed by atoms with E-state index in [-0.39, 0.29) is 0 Å². The molecular formula is C5H5N2. The Kier molecular flexibility index (Phi) is 0.941. The summed E-state index contributed by atoms with van der Waals surface area (Å²) in [5.41, 5.74) is 7.46. The Labute approximate surface area is 42.0 Å². The largest absolute Gasteiger partial charge is 0.301 e. The Balaban J connectivity index is 3.02. The van der Waals surface area contributed by atoms with E-state index in [0.29, 0.717) is 5.69 Å². The van der Waals surface area contributed by atoms with Crippen molar-refractivity contribution < 1.29 is 0 Å². The molecule has 0 saturated heterocycles. The molecule has 0 aromatic carbocycles. The first kappa shape index (κ1) is 4.12. The second kappa shape index (κ2) is 1.60. The molecule has 0 spiro atoms. The summed E-state index contributed by atoms with van der Waals surface area (Å²) in [6.07, 6.45) is 3.20. The van der Waals surface area contributed by atoms with Crippen LogP contribution >= 0.6 is 0 Å². The predicted octanol–water partition coefficient (Wildman–Crippen LogP) is 0.996. The molecule has 0 aliphatic rings. The first-order valence-corrected chi connectivity index (χ1v) is 2.01. The van der Waals surface area contributed by atoms with Crippen LogP contribution in [0.5, 0.6) is 0 Å². The van der Waals surface area contributed by atoms with Crippen molar-refractivity contribution in [1.29, 1.82) is 0 Å². The van der Waals surface area contributed by atoms with Gasteiger partial charge in [0.15, 0.2) is 0 Å². The van der Waals surface area contributed by atoms with E-state index in [9.17, 15) is 0 Å². The molecule has 0 fully saturated rings. The van der Waals surface area contributed by atoms with Gasteiger partial charge < -0.3 is 5.73 Å². The third-order valence-corrected chi connectivity index (χ3v) is 0.680. The summed E-state index contributed by atoms with van der Waals surface area (Å²) in [6, 6.07) is 3.28. The van der Waals surface area contributed by atoms with Crippen molar-refractivity contribution >= 4 is 5.69 Å². The van der Waals surface area contributed by atoms with E-state index < -0.39 is 0 Å². The SMILES string of the molecule is [NH]c1ccncc1. The fraction of sp³-hybridized carbons (Fsp3) is 0. The Hall–Kier alpha value is -1.05. The van der Waals surface area contributed by atoms with Crippen LogP contribution in [0.3, 0.4) is 0 Å². The summed E-state index contributed by atoms with van der Waals surface area (Å²) in [5, 5.41) is 0. The van der Waals surface area contributed by atoms with Crippen molar-refractivity contribution in [3.63, 3.8) is 0 Å². The van der Waals surface area contributed by atoms with Gasteiger partial charge in [0.25, 0.3) is 0 Å². The molecule has 7 heavy (non-hydrogen) atoms. The van der Waals surface area contributed by atoms with Gasteiger partial charge in [-0.1, -0.05) is 0 Å². The molecule has 2 heteroatoms. The average Bonchev–Trinajstić information content (AvgIpc) is 1.69. The Morgan fingerprint density at radius 3 is 2.14 bits per heavy atom. The van der Waals surface area contributed by atoms with Crippen molar-refractivity contribution in [2.45, 2.75) is 0 Å². The van der Waals surface area contributed by atoms with Crippen LogP contribution in [0, 0.1) is 0 Å². The molecule has 0 atom stereocenters. The minimum atomic E-state index is 0.509. The second-order valence-electron chi connectivity index (χ2n) is 1.24. The lowest BCUT2D eigenvalue weighted by Gasteiger charge is -1.81. The molecule has 1 N–H and O–H groups in total. The lowest BCUT2D eigenvalue weighted by atomic mass is 10.4. The minimum Gasteiger partial charge on any atom is -0.301 e. The van der Waals surface area contributed by atoms with Gasteiger partial charge >= 0.3 is 0 Å². The van der Waals surface area contributed by atoms with E-state index in [1.54, 1.807) is 24.5 Å². The zero-order valence-electron chi connectivity index (χ0n) is 3.76. The number of rotatable bonds is 0. The number of nitrogens with one attached hydrogen (secondary N) is 1. The van der Waals surface area contributed by atoms with Gasteiger partial charge in [0.2, 0.25) is 0 Å². The standard InChI is InChI=1S/C5H5N2/c6-5-1-3-7-4-2-5/h1-4,6H. The van der Waals surface area contributed by atoms with Crippen LogP contribution in [0.2, 0.25) is 0 Å². The molecule has 0 bridgehead atoms. The van der Waals surface area contributed by atoms with E-state index in [0.717, 1.165) is 0 Å². The summed E-state index contributed by atoms with van der Waals surface area (Å²) < 4.78 is 0. The molecule has 1 aromatic rings. The first-order valence-electron chi connectivity index (χ1n) is 2.01. The summed E-state index contributed by atoms with van der Waals surface area (Å²) in [6.45, 7) is 0. The van der Waals surface area contributed by atoms with Crippen LogP contribution < -0.4 is 5.73 Å². The normalized spacial score (nSPS) is 8.57. The molecule has 1 radical (unpaired) electrons. The van der Waals surface area contributed by atoms with Gasteiger partial charge in [0.1, 0.15) is 0 Å². The highest BCUT2D eigenvalue weighted by Gasteiger charge is 1.74. The van der Waals surface area contributed by atoms with Crippen molar-refractivity contribution in [3.05, 3.63) is 24.5 Å². The number of nitrogens with zero attached hydrogens (tertiary/aromatic N) is 1. The van der Waals surface area contributed by atoms with Crippen LogP contribution in [0.15, 0.2) is 24.5 Å². The topological polar surface area (TPSA) is 36.7 Å². The molecule has 0 aliphatic carbocycles. The molecule has 35 valence electrons. The maximum atomic E-state index is 6.96. The smallest absolute Gasteiger partial charge is 0.0570 e. The molecule has 1 heterocycles. The Morgan fingerprint density at radius 2 is 1.86 bits per heavy atom. The lowest BCUT2D eigenvalue weighted by Crippen LogP contribution is -1.67. The van der Waals surface area contributed by atoms with Gasteiger partial charge in [-0.05, 0) is 12.1 Å². The van der Waals surface area contributed by atoms with Crippen molar-refractivity contribution in [3.8, 4) is 0 Å². The third kappa shape index (κ3) is 0.892. The number of hydrogen-bond acceptors (Lipinski definition) is 1. The van der Waals surface area contributed by atoms with Gasteiger partial charge in [-0.2, -0.15) is 0 Å². The highest BCUT2D eigenvalue weighted by atomic mass is 14.6. The second-order valence-corrected chi connectivity index (χ2v) is 1.24. The molecule has 1 aromatic heterocycles. The third-order valence-electron chi connectivity index (χ3n) is 0.680. The summed E-state index contributed by atoms with van der Waals surface area (Å²) >= 11 is 0. The summed E-state index contributed by atoms with van der Waals surface area (Å²) in [7, 11) is 0. The predicted molar refractivity (Wildman–Crippen MR) is 27.0 cm³/mol. The summed E-state index contributed by atoms with van der Waals surface area (Å²) in [5.74, 6) is 0. The van der Waals surface area contributed by atoms with E-state index in [1.165, 1.54) is 0 Å². The quantitative estimate of drug-likeness (QED) is 0.471. The van der Waals surface area contributed by atoms with Gasteiger partial charge in [-0.25, -0.2) is 0 Å². The first-order chi connectivity index (χ1) is 3.39. The highest BCUT2D eigenvalue weighted by Crippen LogP contribution is 1.95. The lowest BCUT2D eigenvalue weighted by molar-refractivity contribution is 1.31. The van der Waals surface area contributed by atoms with Gasteiger partial charge in [-0.15, -0.1) is 0 Å². The van der Waals surface area contributed by atoms with Crippen LogP contribution in [0.1, 0.15) is 0 Å². The van der Waals surface area contributed by atoms with E-state index in [1.807, 2.05) is 0 Å². The summed E-state index contributed by atoms with van der Waals surface area (Å²) in [4.78, 5) is 3.73. The molecule has 0 unspecified atom stereocenters. The maximum absolute atomic E-state index is 6.96. The molecule has 1 rings (SSSR count). The van der Waals surface area contributed by atoms with Gasteiger partial charge in [0, 0.05) is 12.4 Å². The number of hydrogen-bond donors (Lipinski definition) is 0. The monoisotopic (exact) mass is 93.0 g/mol. The minimum absolute atomic E-state index is 0.509. The van der Waals surface area contributed by atoms with E-state index >= 15 is 0 Å². The van der Waals surface area contributed by atoms with Gasteiger partial charge in [0.05, 0.1) is 5.69 Å². The zero-order chi connectivity index (χ0) is 5.11. The van der Waals surface area contributed by atoms with E-state index in [2.05, 4.69) is 4.98 Å². The molecule has 0 amide bonds. The molecular weight excluding hydrogens is 88.1 g/mol. The Morgan fingerprint density at radius 1 is 1.29 bits per heavy atom. The van der Waals surface area contributed by atoms with E-state index in [4.69, 9.17) is 5.73 Å². The fourth-order valence-electron chi connectivity index (χ4n) is 0.352. The van der Waals surface area contributed by atoms with Crippen LogP contribution in [-0.2, 0) is 0 Å². The van der Waals surface area contributed by atoms with Crippen molar-refractivity contribution in [1.82, 2.24) is 10.7 Å². The van der Waals surface area contributed by atoms with Crippen molar-refractivity contribution in [2.24, 2.45) is 0 Å². The van der Waals surface area contributed by atoms with Crippen LogP contribution in [0.4, 0.5) is 5.69 Å². The van der Waals surface area contributed by atoms with Crippen LogP contribution in [0.25, 0.3) is 0 Å².